The highest BCUT2D eigenvalue weighted by molar-refractivity contribution is 7.98. The summed E-state index contributed by atoms with van der Waals surface area (Å²) in [5.41, 5.74) is 7.87. The second-order valence-corrected chi connectivity index (χ2v) is 6.30. The minimum Gasteiger partial charge on any atom is -0.491 e. The van der Waals surface area contributed by atoms with Gasteiger partial charge in [-0.1, -0.05) is 23.7 Å². The normalized spacial score (nSPS) is 10.8. The van der Waals surface area contributed by atoms with Crippen LogP contribution in [0.5, 0.6) is 5.75 Å². The monoisotopic (exact) mass is 307 g/mol. The zero-order valence-corrected chi connectivity index (χ0v) is 13.2. The number of thioether (sulfide) groups is 1. The number of ether oxygens (including phenoxy) is 1. The van der Waals surface area contributed by atoms with E-state index in [0.717, 1.165) is 27.1 Å². The van der Waals surface area contributed by atoms with Crippen molar-refractivity contribution in [3.8, 4) is 5.75 Å². The molecule has 0 aromatic heterocycles. The fraction of sp³-hybridized carbons (Fsp3) is 0.250. The van der Waals surface area contributed by atoms with Gasteiger partial charge in [0.15, 0.2) is 0 Å². The summed E-state index contributed by atoms with van der Waals surface area (Å²) in [6, 6.07) is 13.7. The predicted octanol–water partition coefficient (Wildman–Crippen LogP) is 5.00. The van der Waals surface area contributed by atoms with E-state index in [1.165, 1.54) is 5.56 Å². The maximum absolute atomic E-state index is 5.91. The molecule has 0 unspecified atom stereocenters. The molecule has 0 atom stereocenters. The fourth-order valence-electron chi connectivity index (χ4n) is 1.76. The Balaban J connectivity index is 2.05. The first-order chi connectivity index (χ1) is 9.52. The van der Waals surface area contributed by atoms with Crippen LogP contribution < -0.4 is 10.5 Å². The lowest BCUT2D eigenvalue weighted by atomic mass is 10.2. The summed E-state index contributed by atoms with van der Waals surface area (Å²) in [7, 11) is 0. The predicted molar refractivity (Wildman–Crippen MR) is 87.6 cm³/mol. The molecule has 0 bridgehead atoms. The van der Waals surface area contributed by atoms with Crippen molar-refractivity contribution >= 4 is 29.1 Å². The van der Waals surface area contributed by atoms with Crippen molar-refractivity contribution in [3.05, 3.63) is 53.1 Å². The van der Waals surface area contributed by atoms with Gasteiger partial charge < -0.3 is 10.5 Å². The summed E-state index contributed by atoms with van der Waals surface area (Å²) in [6.07, 6.45) is 0.144. The van der Waals surface area contributed by atoms with Gasteiger partial charge in [0.2, 0.25) is 0 Å². The lowest BCUT2D eigenvalue weighted by Gasteiger charge is -2.12. The number of anilines is 1. The highest BCUT2D eigenvalue weighted by Gasteiger charge is 2.03. The number of benzene rings is 2. The van der Waals surface area contributed by atoms with E-state index in [1.54, 1.807) is 11.8 Å². The van der Waals surface area contributed by atoms with Crippen LogP contribution in [-0.2, 0) is 5.75 Å². The number of rotatable bonds is 5. The van der Waals surface area contributed by atoms with E-state index in [4.69, 9.17) is 22.1 Å². The molecular weight excluding hydrogens is 290 g/mol. The van der Waals surface area contributed by atoms with Crippen LogP contribution in [0, 0.1) is 0 Å². The maximum Gasteiger partial charge on any atom is 0.122 e. The van der Waals surface area contributed by atoms with Gasteiger partial charge in [0, 0.05) is 27.4 Å². The molecule has 0 aliphatic rings. The van der Waals surface area contributed by atoms with Crippen LogP contribution in [0.15, 0.2) is 47.4 Å². The second-order valence-electron chi connectivity index (χ2n) is 4.82. The standard InChI is InChI=1S/C16H18ClNOS/c1-11(2)19-15-7-14(18)8-16(9-15)20-10-12-3-5-13(17)6-4-12/h3-9,11H,10,18H2,1-2H3. The summed E-state index contributed by atoms with van der Waals surface area (Å²) in [5.74, 6) is 1.69. The number of nitrogens with two attached hydrogens (primary N) is 1. The van der Waals surface area contributed by atoms with Crippen LogP contribution in [0.3, 0.4) is 0 Å². The van der Waals surface area contributed by atoms with Gasteiger partial charge >= 0.3 is 0 Å². The van der Waals surface area contributed by atoms with Crippen LogP contribution in [0.2, 0.25) is 5.02 Å². The van der Waals surface area contributed by atoms with Crippen molar-refractivity contribution in [1.82, 2.24) is 0 Å². The van der Waals surface area contributed by atoms with Gasteiger partial charge in [0.25, 0.3) is 0 Å². The van der Waals surface area contributed by atoms with E-state index in [1.807, 2.05) is 56.3 Å². The molecule has 2 nitrogen and oxygen atoms in total. The van der Waals surface area contributed by atoms with E-state index in [-0.39, 0.29) is 6.10 Å². The van der Waals surface area contributed by atoms with Gasteiger partial charge in [0.05, 0.1) is 6.10 Å². The smallest absolute Gasteiger partial charge is 0.122 e. The Morgan fingerprint density at radius 3 is 2.50 bits per heavy atom. The molecule has 0 radical (unpaired) electrons. The molecule has 0 saturated carbocycles. The minimum absolute atomic E-state index is 0.144. The van der Waals surface area contributed by atoms with Gasteiger partial charge in [-0.3, -0.25) is 0 Å². The van der Waals surface area contributed by atoms with E-state index in [9.17, 15) is 0 Å². The highest BCUT2D eigenvalue weighted by atomic mass is 35.5. The average Bonchev–Trinajstić information content (AvgIpc) is 2.36. The maximum atomic E-state index is 5.91. The van der Waals surface area contributed by atoms with Crippen molar-refractivity contribution in [2.45, 2.75) is 30.6 Å². The zero-order valence-electron chi connectivity index (χ0n) is 11.6. The van der Waals surface area contributed by atoms with E-state index in [0.29, 0.717) is 0 Å². The first-order valence-corrected chi connectivity index (χ1v) is 7.84. The van der Waals surface area contributed by atoms with Gasteiger partial charge in [-0.15, -0.1) is 11.8 Å². The zero-order chi connectivity index (χ0) is 14.5. The molecule has 0 heterocycles. The van der Waals surface area contributed by atoms with Crippen molar-refractivity contribution in [1.29, 1.82) is 0 Å². The molecule has 2 N–H and O–H groups in total. The summed E-state index contributed by atoms with van der Waals surface area (Å²) >= 11 is 7.61. The Hall–Kier alpha value is -1.32. The Bertz CT molecular complexity index is 569. The molecule has 2 rings (SSSR count). The van der Waals surface area contributed by atoms with E-state index < -0.39 is 0 Å². The molecule has 0 aliphatic carbocycles. The minimum atomic E-state index is 0.144. The molecule has 4 heteroatoms. The van der Waals surface area contributed by atoms with Crippen molar-refractivity contribution in [2.24, 2.45) is 0 Å². The molecule has 0 spiro atoms. The molecule has 106 valence electrons. The first kappa shape index (κ1) is 15.1. The third kappa shape index (κ3) is 4.66. The molecular formula is C16H18ClNOS. The van der Waals surface area contributed by atoms with E-state index >= 15 is 0 Å². The third-order valence-electron chi connectivity index (χ3n) is 2.59. The Morgan fingerprint density at radius 1 is 1.15 bits per heavy atom. The fourth-order valence-corrected chi connectivity index (χ4v) is 2.84. The third-order valence-corrected chi connectivity index (χ3v) is 3.89. The lowest BCUT2D eigenvalue weighted by Crippen LogP contribution is -2.05. The quantitative estimate of drug-likeness (QED) is 0.623. The van der Waals surface area contributed by atoms with Crippen LogP contribution in [0.4, 0.5) is 5.69 Å². The van der Waals surface area contributed by atoms with Crippen LogP contribution in [0.25, 0.3) is 0 Å². The number of hydrogen-bond donors (Lipinski definition) is 1. The summed E-state index contributed by atoms with van der Waals surface area (Å²) in [4.78, 5) is 1.11. The first-order valence-electron chi connectivity index (χ1n) is 6.47. The molecule has 0 fully saturated rings. The molecule has 2 aromatic carbocycles. The Morgan fingerprint density at radius 2 is 1.85 bits per heavy atom. The summed E-state index contributed by atoms with van der Waals surface area (Å²) in [5, 5.41) is 0.760. The van der Waals surface area contributed by atoms with Crippen molar-refractivity contribution in [3.63, 3.8) is 0 Å². The van der Waals surface area contributed by atoms with Gasteiger partial charge in [-0.05, 0) is 43.7 Å². The molecule has 20 heavy (non-hydrogen) atoms. The summed E-state index contributed by atoms with van der Waals surface area (Å²) in [6.45, 7) is 4.01. The van der Waals surface area contributed by atoms with Gasteiger partial charge in [-0.2, -0.15) is 0 Å². The Kier molecular flexibility index (Phi) is 5.21. The topological polar surface area (TPSA) is 35.2 Å². The molecule has 0 saturated heterocycles. The van der Waals surface area contributed by atoms with Crippen LogP contribution in [-0.4, -0.2) is 6.10 Å². The van der Waals surface area contributed by atoms with Crippen LogP contribution in [0.1, 0.15) is 19.4 Å². The number of hydrogen-bond acceptors (Lipinski definition) is 3. The Labute approximate surface area is 129 Å². The average molecular weight is 308 g/mol. The van der Waals surface area contributed by atoms with Crippen molar-refractivity contribution < 1.29 is 4.74 Å². The SMILES string of the molecule is CC(C)Oc1cc(N)cc(SCc2ccc(Cl)cc2)c1. The lowest BCUT2D eigenvalue weighted by molar-refractivity contribution is 0.242. The van der Waals surface area contributed by atoms with Crippen molar-refractivity contribution in [2.75, 3.05) is 5.73 Å². The van der Waals surface area contributed by atoms with Gasteiger partial charge in [-0.25, -0.2) is 0 Å². The second kappa shape index (κ2) is 6.91. The highest BCUT2D eigenvalue weighted by Crippen LogP contribution is 2.29. The molecule has 0 amide bonds. The largest absolute Gasteiger partial charge is 0.491 e. The van der Waals surface area contributed by atoms with E-state index in [2.05, 4.69) is 0 Å². The number of halogens is 1. The van der Waals surface area contributed by atoms with Crippen LogP contribution >= 0.6 is 23.4 Å². The summed E-state index contributed by atoms with van der Waals surface area (Å²) < 4.78 is 5.69. The van der Waals surface area contributed by atoms with Gasteiger partial charge in [0.1, 0.15) is 5.75 Å². The molecule has 0 aliphatic heterocycles. The molecule has 2 aromatic rings. The number of nitrogen functional groups attached to an aromatic ring is 1.